The van der Waals surface area contributed by atoms with Crippen LogP contribution in [0, 0.1) is 11.8 Å². The van der Waals surface area contributed by atoms with Crippen LogP contribution in [-0.2, 0) is 16.0 Å². The largest absolute Gasteiger partial charge is 0.481 e. The Labute approximate surface area is 124 Å². The lowest BCUT2D eigenvalue weighted by molar-refractivity contribution is -0.136. The summed E-state index contributed by atoms with van der Waals surface area (Å²) >= 11 is 0. The Morgan fingerprint density at radius 1 is 1.29 bits per heavy atom. The van der Waals surface area contributed by atoms with Gasteiger partial charge in [-0.2, -0.15) is 0 Å². The highest BCUT2D eigenvalue weighted by Gasteiger charge is 2.43. The number of benzene rings is 1. The van der Waals surface area contributed by atoms with E-state index in [1.54, 1.807) is 12.1 Å². The van der Waals surface area contributed by atoms with Crippen molar-refractivity contribution in [2.75, 3.05) is 31.6 Å². The molecule has 2 fully saturated rings. The molecule has 5 heteroatoms. The zero-order valence-corrected chi connectivity index (χ0v) is 12.2. The van der Waals surface area contributed by atoms with E-state index in [1.165, 1.54) is 0 Å². The van der Waals surface area contributed by atoms with Crippen LogP contribution >= 0.6 is 0 Å². The quantitative estimate of drug-likeness (QED) is 0.908. The van der Waals surface area contributed by atoms with E-state index in [4.69, 9.17) is 5.11 Å². The molecule has 0 radical (unpaired) electrons. The minimum Gasteiger partial charge on any atom is -0.481 e. The molecule has 3 rings (SSSR count). The highest BCUT2D eigenvalue weighted by molar-refractivity contribution is 5.97. The summed E-state index contributed by atoms with van der Waals surface area (Å²) in [5.74, 6) is -0.0528. The van der Waals surface area contributed by atoms with E-state index in [-0.39, 0.29) is 18.2 Å². The third-order valence-electron chi connectivity index (χ3n) is 4.54. The Hall–Kier alpha value is -1.88. The summed E-state index contributed by atoms with van der Waals surface area (Å²) in [6.07, 6.45) is 0.956. The number of hydrogen-bond acceptors (Lipinski definition) is 3. The second-order valence-corrected chi connectivity index (χ2v) is 6.10. The Morgan fingerprint density at radius 3 is 2.67 bits per heavy atom. The van der Waals surface area contributed by atoms with Crippen LogP contribution in [0.2, 0.25) is 0 Å². The average Bonchev–Trinajstić information content (AvgIpc) is 2.75. The van der Waals surface area contributed by atoms with Crippen LogP contribution in [-0.4, -0.2) is 48.6 Å². The van der Waals surface area contributed by atoms with Gasteiger partial charge in [0, 0.05) is 30.6 Å². The molecule has 1 aromatic carbocycles. The SMILES string of the molecule is CN1CC[C@@H]2C(=O)N(c3ccc(CC(=O)O)cc3)C[C@@H]2C1. The summed E-state index contributed by atoms with van der Waals surface area (Å²) in [7, 11) is 2.10. The summed E-state index contributed by atoms with van der Waals surface area (Å²) in [6.45, 7) is 2.73. The van der Waals surface area contributed by atoms with E-state index in [0.717, 1.165) is 37.3 Å². The topological polar surface area (TPSA) is 60.9 Å². The van der Waals surface area contributed by atoms with Crippen LogP contribution in [0.3, 0.4) is 0 Å². The normalized spacial score (nSPS) is 26.0. The number of nitrogens with zero attached hydrogens (tertiary/aromatic N) is 2. The molecule has 0 bridgehead atoms. The van der Waals surface area contributed by atoms with E-state index in [2.05, 4.69) is 11.9 Å². The number of anilines is 1. The molecule has 0 spiro atoms. The third-order valence-corrected chi connectivity index (χ3v) is 4.54. The van der Waals surface area contributed by atoms with Crippen molar-refractivity contribution in [1.82, 2.24) is 4.90 Å². The van der Waals surface area contributed by atoms with Crippen molar-refractivity contribution in [3.63, 3.8) is 0 Å². The van der Waals surface area contributed by atoms with Gasteiger partial charge in [0.1, 0.15) is 0 Å². The maximum atomic E-state index is 12.5. The highest BCUT2D eigenvalue weighted by Crippen LogP contribution is 2.34. The van der Waals surface area contributed by atoms with Gasteiger partial charge >= 0.3 is 5.97 Å². The van der Waals surface area contributed by atoms with Gasteiger partial charge in [-0.1, -0.05) is 12.1 Å². The monoisotopic (exact) mass is 288 g/mol. The number of aliphatic carboxylic acids is 1. The number of rotatable bonds is 3. The second-order valence-electron chi connectivity index (χ2n) is 6.10. The van der Waals surface area contributed by atoms with E-state index in [9.17, 15) is 9.59 Å². The Bertz CT molecular complexity index is 555. The number of hydrogen-bond donors (Lipinski definition) is 1. The molecule has 0 unspecified atom stereocenters. The van der Waals surface area contributed by atoms with Gasteiger partial charge in [-0.15, -0.1) is 0 Å². The first-order valence-electron chi connectivity index (χ1n) is 7.35. The molecule has 2 aliphatic heterocycles. The third kappa shape index (κ3) is 2.78. The zero-order chi connectivity index (χ0) is 15.0. The maximum absolute atomic E-state index is 12.5. The molecule has 5 nitrogen and oxygen atoms in total. The molecule has 0 aliphatic carbocycles. The maximum Gasteiger partial charge on any atom is 0.307 e. The van der Waals surface area contributed by atoms with Gasteiger partial charge in [-0.25, -0.2) is 0 Å². The molecule has 1 amide bonds. The Kier molecular flexibility index (Phi) is 3.68. The molecular formula is C16H20N2O3. The van der Waals surface area contributed by atoms with Crippen LogP contribution in [0.1, 0.15) is 12.0 Å². The Morgan fingerprint density at radius 2 is 2.00 bits per heavy atom. The molecule has 0 aromatic heterocycles. The molecule has 2 heterocycles. The van der Waals surface area contributed by atoms with Crippen molar-refractivity contribution < 1.29 is 14.7 Å². The van der Waals surface area contributed by atoms with E-state index in [1.807, 2.05) is 17.0 Å². The highest BCUT2D eigenvalue weighted by atomic mass is 16.4. The van der Waals surface area contributed by atoms with Gasteiger partial charge in [0.2, 0.25) is 5.91 Å². The first-order valence-corrected chi connectivity index (χ1v) is 7.35. The summed E-state index contributed by atoms with van der Waals surface area (Å²) in [4.78, 5) is 27.4. The average molecular weight is 288 g/mol. The number of likely N-dealkylation sites (tertiary alicyclic amines) is 1. The summed E-state index contributed by atoms with van der Waals surface area (Å²) in [6, 6.07) is 7.31. The summed E-state index contributed by atoms with van der Waals surface area (Å²) in [5, 5.41) is 8.79. The van der Waals surface area contributed by atoms with Crippen LogP contribution in [0.25, 0.3) is 0 Å². The summed E-state index contributed by atoms with van der Waals surface area (Å²) in [5.41, 5.74) is 1.64. The van der Waals surface area contributed by atoms with Gasteiger partial charge < -0.3 is 14.9 Å². The van der Waals surface area contributed by atoms with Gasteiger partial charge in [0.05, 0.1) is 6.42 Å². The van der Waals surface area contributed by atoms with Crippen LogP contribution < -0.4 is 4.90 Å². The van der Waals surface area contributed by atoms with Crippen molar-refractivity contribution in [3.05, 3.63) is 29.8 Å². The van der Waals surface area contributed by atoms with E-state index < -0.39 is 5.97 Å². The molecule has 2 aliphatic rings. The van der Waals surface area contributed by atoms with Crippen molar-refractivity contribution in [3.8, 4) is 0 Å². The lowest BCUT2D eigenvalue weighted by Gasteiger charge is -2.29. The van der Waals surface area contributed by atoms with Crippen LogP contribution in [0.5, 0.6) is 0 Å². The number of piperidine rings is 1. The number of carboxylic acid groups (broad SMARTS) is 1. The fourth-order valence-corrected chi connectivity index (χ4v) is 3.45. The van der Waals surface area contributed by atoms with Gasteiger partial charge in [-0.3, -0.25) is 9.59 Å². The predicted octanol–water partition coefficient (Wildman–Crippen LogP) is 1.23. The fourth-order valence-electron chi connectivity index (χ4n) is 3.45. The van der Waals surface area contributed by atoms with E-state index in [0.29, 0.717) is 5.92 Å². The first kappa shape index (κ1) is 14.1. The molecular weight excluding hydrogens is 268 g/mol. The van der Waals surface area contributed by atoms with Crippen molar-refractivity contribution >= 4 is 17.6 Å². The fraction of sp³-hybridized carbons (Fsp3) is 0.500. The number of fused-ring (bicyclic) bond motifs is 1. The Balaban J connectivity index is 1.75. The van der Waals surface area contributed by atoms with Crippen molar-refractivity contribution in [1.29, 1.82) is 0 Å². The molecule has 2 atom stereocenters. The molecule has 112 valence electrons. The van der Waals surface area contributed by atoms with Gasteiger partial charge in [0.25, 0.3) is 0 Å². The lowest BCUT2D eigenvalue weighted by atomic mass is 9.88. The minimum absolute atomic E-state index is 0.0181. The van der Waals surface area contributed by atoms with Crippen LogP contribution in [0.15, 0.2) is 24.3 Å². The lowest BCUT2D eigenvalue weighted by Crippen LogP contribution is -2.38. The van der Waals surface area contributed by atoms with Gasteiger partial charge in [0.15, 0.2) is 0 Å². The van der Waals surface area contributed by atoms with Crippen molar-refractivity contribution in [2.45, 2.75) is 12.8 Å². The number of carbonyl (C=O) groups excluding carboxylic acids is 1. The first-order chi connectivity index (χ1) is 10.0. The number of carbonyl (C=O) groups is 2. The molecule has 1 N–H and O–H groups in total. The second kappa shape index (κ2) is 5.48. The number of amides is 1. The minimum atomic E-state index is -0.839. The van der Waals surface area contributed by atoms with E-state index >= 15 is 0 Å². The predicted molar refractivity (Wildman–Crippen MR) is 79.2 cm³/mol. The van der Waals surface area contributed by atoms with Gasteiger partial charge in [-0.05, 0) is 37.7 Å². The standard InChI is InChI=1S/C16H20N2O3/c1-17-7-6-14-12(9-17)10-18(16(14)21)13-4-2-11(3-5-13)8-15(19)20/h2-5,12,14H,6-10H2,1H3,(H,19,20)/t12-,14-/m0/s1. The molecule has 0 saturated carbocycles. The summed E-state index contributed by atoms with van der Waals surface area (Å²) < 4.78 is 0. The van der Waals surface area contributed by atoms with Crippen LogP contribution in [0.4, 0.5) is 5.69 Å². The molecule has 21 heavy (non-hydrogen) atoms. The zero-order valence-electron chi connectivity index (χ0n) is 12.2. The molecule has 1 aromatic rings. The number of carboxylic acids is 1. The smallest absolute Gasteiger partial charge is 0.307 e. The van der Waals surface area contributed by atoms with Crippen molar-refractivity contribution in [2.24, 2.45) is 11.8 Å². The molecule has 2 saturated heterocycles.